The minimum Gasteiger partial charge on any atom is -0.282 e. The fourth-order valence-corrected chi connectivity index (χ4v) is 3.88. The third-order valence-corrected chi connectivity index (χ3v) is 5.53. The van der Waals surface area contributed by atoms with Gasteiger partial charge in [0.05, 0.1) is 12.2 Å². The van der Waals surface area contributed by atoms with Gasteiger partial charge in [-0.2, -0.15) is 5.10 Å². The number of rotatable bonds is 4. The van der Waals surface area contributed by atoms with E-state index in [-0.39, 0.29) is 6.54 Å². The highest BCUT2D eigenvalue weighted by Crippen LogP contribution is 2.23. The van der Waals surface area contributed by atoms with Gasteiger partial charge < -0.3 is 0 Å². The van der Waals surface area contributed by atoms with E-state index in [1.54, 1.807) is 0 Å². The molecule has 0 fully saturated rings. The first-order chi connectivity index (χ1) is 11.4. The number of aromatic nitrogens is 2. The molecule has 3 rings (SSSR count). The molecule has 9 heteroatoms. The van der Waals surface area contributed by atoms with E-state index in [4.69, 9.17) is 0 Å². The number of nitrogens with zero attached hydrogens (tertiary/aromatic N) is 1. The Morgan fingerprint density at radius 2 is 1.83 bits per heavy atom. The zero-order chi connectivity index (χ0) is 17.3. The molecule has 0 bridgehead atoms. The van der Waals surface area contributed by atoms with Gasteiger partial charge in [0.25, 0.3) is 0 Å². The van der Waals surface area contributed by atoms with E-state index in [2.05, 4.69) is 14.9 Å². The van der Waals surface area contributed by atoms with Crippen LogP contribution < -0.4 is 4.72 Å². The number of sulfonamides is 1. The first-order valence-electron chi connectivity index (χ1n) is 7.58. The van der Waals surface area contributed by atoms with Crippen LogP contribution in [-0.4, -0.2) is 18.6 Å². The Bertz CT molecular complexity index is 865. The van der Waals surface area contributed by atoms with Crippen molar-refractivity contribution in [3.8, 4) is 0 Å². The molecule has 1 aliphatic rings. The molecule has 1 aromatic heterocycles. The van der Waals surface area contributed by atoms with Crippen molar-refractivity contribution in [3.63, 3.8) is 0 Å². The molecule has 2 aromatic rings. The Balaban J connectivity index is 1.82. The minimum absolute atomic E-state index is 0.146. The van der Waals surface area contributed by atoms with Crippen molar-refractivity contribution < 1.29 is 21.6 Å². The lowest BCUT2D eigenvalue weighted by Crippen LogP contribution is -2.25. The lowest BCUT2D eigenvalue weighted by molar-refractivity contribution is 0.431. The van der Waals surface area contributed by atoms with E-state index < -0.39 is 32.4 Å². The van der Waals surface area contributed by atoms with Gasteiger partial charge >= 0.3 is 0 Å². The number of aromatic amines is 1. The number of hydrogen-bond acceptors (Lipinski definition) is 3. The van der Waals surface area contributed by atoms with Gasteiger partial charge in [-0.15, -0.1) is 0 Å². The van der Waals surface area contributed by atoms with E-state index in [1.807, 2.05) is 0 Å². The molecular weight excluding hydrogens is 343 g/mol. The molecule has 0 unspecified atom stereocenters. The third-order valence-electron chi connectivity index (χ3n) is 4.11. The molecule has 1 heterocycles. The quantitative estimate of drug-likeness (QED) is 0.651. The molecule has 0 spiro atoms. The van der Waals surface area contributed by atoms with Gasteiger partial charge in [0.15, 0.2) is 17.5 Å². The molecule has 1 aromatic carbocycles. The summed E-state index contributed by atoms with van der Waals surface area (Å²) in [5, 5.41) is 7.01. The van der Waals surface area contributed by atoms with E-state index in [0.29, 0.717) is 17.8 Å². The molecule has 0 aliphatic heterocycles. The average Bonchev–Trinajstić information content (AvgIpc) is 2.77. The monoisotopic (exact) mass is 359 g/mol. The Kier molecular flexibility index (Phi) is 4.64. The summed E-state index contributed by atoms with van der Waals surface area (Å²) in [5.41, 5.74) is 2.50. The van der Waals surface area contributed by atoms with Crippen molar-refractivity contribution >= 4 is 10.0 Å². The van der Waals surface area contributed by atoms with Gasteiger partial charge in [0, 0.05) is 5.69 Å². The van der Waals surface area contributed by atoms with Crippen molar-refractivity contribution in [2.45, 2.75) is 43.5 Å². The summed E-state index contributed by atoms with van der Waals surface area (Å²) in [4.78, 5) is -0.928. The fraction of sp³-hybridized carbons (Fsp3) is 0.400. The van der Waals surface area contributed by atoms with Crippen LogP contribution in [-0.2, 0) is 29.4 Å². The molecule has 2 N–H and O–H groups in total. The van der Waals surface area contributed by atoms with Crippen molar-refractivity contribution in [2.75, 3.05) is 0 Å². The van der Waals surface area contributed by atoms with Crippen molar-refractivity contribution in [1.82, 2.24) is 14.9 Å². The van der Waals surface area contributed by atoms with E-state index in [0.717, 1.165) is 43.4 Å². The smallest absolute Gasteiger partial charge is 0.243 e. The maximum Gasteiger partial charge on any atom is 0.243 e. The van der Waals surface area contributed by atoms with Crippen LogP contribution in [0, 0.1) is 17.5 Å². The predicted molar refractivity (Wildman–Crippen MR) is 80.2 cm³/mol. The van der Waals surface area contributed by atoms with Crippen LogP contribution in [0.5, 0.6) is 0 Å². The van der Waals surface area contributed by atoms with Crippen LogP contribution in [0.4, 0.5) is 13.2 Å². The molecular formula is C15H16F3N3O2S. The number of fused-ring (bicyclic) bond motifs is 1. The summed E-state index contributed by atoms with van der Waals surface area (Å²) < 4.78 is 66.4. The highest BCUT2D eigenvalue weighted by Gasteiger charge is 2.25. The standard InChI is InChI=1S/C15H16F3N3O2S/c16-10-6-7-13(15(18)14(10)17)24(22,23)19-8-12-9-4-2-1-3-5-11(9)20-21-12/h6-7,19H,1-5,8H2,(H,20,21). The van der Waals surface area contributed by atoms with Gasteiger partial charge in [0.2, 0.25) is 10.0 Å². The Morgan fingerprint density at radius 3 is 2.62 bits per heavy atom. The number of benzene rings is 1. The van der Waals surface area contributed by atoms with Gasteiger partial charge in [-0.25, -0.2) is 26.3 Å². The topological polar surface area (TPSA) is 74.8 Å². The number of aryl methyl sites for hydroxylation is 1. The normalized spacial score (nSPS) is 15.1. The summed E-state index contributed by atoms with van der Waals surface area (Å²) in [6.45, 7) is -0.146. The lowest BCUT2D eigenvalue weighted by atomic mass is 10.1. The van der Waals surface area contributed by atoms with Crippen LogP contribution in [0.25, 0.3) is 0 Å². The Morgan fingerprint density at radius 1 is 1.08 bits per heavy atom. The molecule has 0 saturated heterocycles. The maximum atomic E-state index is 13.7. The number of halogens is 3. The van der Waals surface area contributed by atoms with Crippen LogP contribution in [0.2, 0.25) is 0 Å². The molecule has 0 atom stereocenters. The second kappa shape index (κ2) is 6.56. The zero-order valence-corrected chi connectivity index (χ0v) is 13.5. The zero-order valence-electron chi connectivity index (χ0n) is 12.7. The minimum atomic E-state index is -4.33. The van der Waals surface area contributed by atoms with Crippen molar-refractivity contribution in [2.24, 2.45) is 0 Å². The molecule has 1 aliphatic carbocycles. The van der Waals surface area contributed by atoms with E-state index in [1.165, 1.54) is 0 Å². The largest absolute Gasteiger partial charge is 0.282 e. The summed E-state index contributed by atoms with van der Waals surface area (Å²) in [6, 6.07) is 1.27. The highest BCUT2D eigenvalue weighted by molar-refractivity contribution is 7.89. The Labute approximate surface area is 137 Å². The fourth-order valence-electron chi connectivity index (χ4n) is 2.83. The maximum absolute atomic E-state index is 13.7. The SMILES string of the molecule is O=S(=O)(NCc1n[nH]c2c1CCCCC2)c1ccc(F)c(F)c1F. The van der Waals surface area contributed by atoms with E-state index >= 15 is 0 Å². The van der Waals surface area contributed by atoms with Crippen molar-refractivity contribution in [3.05, 3.63) is 46.5 Å². The second-order valence-corrected chi connectivity index (χ2v) is 7.42. The average molecular weight is 359 g/mol. The predicted octanol–water partition coefficient (Wildman–Crippen LogP) is 2.57. The summed E-state index contributed by atoms with van der Waals surface area (Å²) >= 11 is 0. The summed E-state index contributed by atoms with van der Waals surface area (Å²) in [7, 11) is -4.33. The third kappa shape index (κ3) is 3.18. The molecule has 24 heavy (non-hydrogen) atoms. The Hall–Kier alpha value is -1.87. The number of H-pyrrole nitrogens is 1. The molecule has 5 nitrogen and oxygen atoms in total. The lowest BCUT2D eigenvalue weighted by Gasteiger charge is -2.08. The summed E-state index contributed by atoms with van der Waals surface area (Å²) in [6.07, 6.45) is 4.77. The molecule has 0 saturated carbocycles. The van der Waals surface area contributed by atoms with Gasteiger partial charge in [0.1, 0.15) is 4.90 Å². The van der Waals surface area contributed by atoms with Gasteiger partial charge in [-0.05, 0) is 43.4 Å². The first kappa shape index (κ1) is 17.0. The van der Waals surface area contributed by atoms with Gasteiger partial charge in [-0.3, -0.25) is 5.10 Å². The van der Waals surface area contributed by atoms with E-state index in [9.17, 15) is 21.6 Å². The van der Waals surface area contributed by atoms with Crippen LogP contribution in [0.1, 0.15) is 36.2 Å². The highest BCUT2D eigenvalue weighted by atomic mass is 32.2. The van der Waals surface area contributed by atoms with Gasteiger partial charge in [-0.1, -0.05) is 6.42 Å². The second-order valence-electron chi connectivity index (χ2n) is 5.69. The number of hydrogen-bond donors (Lipinski definition) is 2. The summed E-state index contributed by atoms with van der Waals surface area (Å²) in [5.74, 6) is -4.99. The van der Waals surface area contributed by atoms with Crippen molar-refractivity contribution in [1.29, 1.82) is 0 Å². The molecule has 0 radical (unpaired) electrons. The number of nitrogens with one attached hydrogen (secondary N) is 2. The van der Waals surface area contributed by atoms with Crippen LogP contribution in [0.15, 0.2) is 17.0 Å². The first-order valence-corrected chi connectivity index (χ1v) is 9.06. The van der Waals surface area contributed by atoms with Crippen LogP contribution >= 0.6 is 0 Å². The van der Waals surface area contributed by atoms with Crippen LogP contribution in [0.3, 0.4) is 0 Å². The molecule has 0 amide bonds. The molecule has 130 valence electrons.